The Morgan fingerprint density at radius 2 is 2.00 bits per heavy atom. The molecule has 0 aromatic carbocycles. The summed E-state index contributed by atoms with van der Waals surface area (Å²) in [5.74, 6) is 2.01. The molecule has 0 aromatic heterocycles. The average molecular weight is 240 g/mol. The van der Waals surface area contributed by atoms with Crippen LogP contribution in [0.3, 0.4) is 0 Å². The lowest BCUT2D eigenvalue weighted by Crippen LogP contribution is -2.51. The first-order chi connectivity index (χ1) is 7.99. The summed E-state index contributed by atoms with van der Waals surface area (Å²) in [5, 5.41) is 6.59. The second kappa shape index (κ2) is 7.00. The van der Waals surface area contributed by atoms with E-state index in [0.717, 1.165) is 13.1 Å². The van der Waals surface area contributed by atoms with E-state index in [9.17, 15) is 4.79 Å². The van der Waals surface area contributed by atoms with Gasteiger partial charge in [0.2, 0.25) is 5.91 Å². The van der Waals surface area contributed by atoms with E-state index in [4.69, 9.17) is 0 Å². The van der Waals surface area contributed by atoms with Crippen molar-refractivity contribution in [1.29, 1.82) is 0 Å². The average Bonchev–Trinajstić information content (AvgIpc) is 2.18. The molecule has 1 aliphatic rings. The molecule has 0 saturated carbocycles. The molecule has 2 N–H and O–H groups in total. The van der Waals surface area contributed by atoms with Gasteiger partial charge in [0.05, 0.1) is 0 Å². The number of carbonyl (C=O) groups is 1. The van der Waals surface area contributed by atoms with E-state index in [-0.39, 0.29) is 5.91 Å². The normalized spacial score (nSPS) is 25.3. The SMILES string of the molecule is CC(C)CC(=O)NC1CNCCC1CC(C)C. The zero-order chi connectivity index (χ0) is 12.8. The van der Waals surface area contributed by atoms with Crippen molar-refractivity contribution in [3.05, 3.63) is 0 Å². The van der Waals surface area contributed by atoms with Crippen molar-refractivity contribution in [3.63, 3.8) is 0 Å². The maximum atomic E-state index is 11.8. The molecule has 1 rings (SSSR count). The summed E-state index contributed by atoms with van der Waals surface area (Å²) >= 11 is 0. The Morgan fingerprint density at radius 3 is 2.59 bits per heavy atom. The van der Waals surface area contributed by atoms with Crippen molar-refractivity contribution < 1.29 is 4.79 Å². The quantitative estimate of drug-likeness (QED) is 0.773. The minimum atomic E-state index is 0.211. The molecule has 0 aliphatic carbocycles. The Morgan fingerprint density at radius 1 is 1.29 bits per heavy atom. The van der Waals surface area contributed by atoms with Gasteiger partial charge in [-0.25, -0.2) is 0 Å². The molecule has 3 heteroatoms. The van der Waals surface area contributed by atoms with E-state index in [0.29, 0.717) is 30.2 Å². The lowest BCUT2D eigenvalue weighted by molar-refractivity contribution is -0.123. The first-order valence-corrected chi connectivity index (χ1v) is 6.99. The van der Waals surface area contributed by atoms with Crippen LogP contribution in [-0.2, 0) is 4.79 Å². The van der Waals surface area contributed by atoms with E-state index in [1.165, 1.54) is 12.8 Å². The highest BCUT2D eigenvalue weighted by atomic mass is 16.1. The van der Waals surface area contributed by atoms with Crippen LogP contribution in [0.15, 0.2) is 0 Å². The van der Waals surface area contributed by atoms with Crippen molar-refractivity contribution in [2.75, 3.05) is 13.1 Å². The summed E-state index contributed by atoms with van der Waals surface area (Å²) in [7, 11) is 0. The summed E-state index contributed by atoms with van der Waals surface area (Å²) in [4.78, 5) is 11.8. The molecule has 2 atom stereocenters. The van der Waals surface area contributed by atoms with Gasteiger partial charge in [-0.3, -0.25) is 4.79 Å². The molecule has 1 heterocycles. The summed E-state index contributed by atoms with van der Waals surface area (Å²) in [5.41, 5.74) is 0. The molecule has 1 saturated heterocycles. The molecule has 1 fully saturated rings. The van der Waals surface area contributed by atoms with E-state index in [1.807, 2.05) is 0 Å². The Labute approximate surface area is 106 Å². The highest BCUT2D eigenvalue weighted by molar-refractivity contribution is 5.76. The smallest absolute Gasteiger partial charge is 0.220 e. The molecule has 17 heavy (non-hydrogen) atoms. The highest BCUT2D eigenvalue weighted by Gasteiger charge is 2.26. The number of hydrogen-bond acceptors (Lipinski definition) is 2. The van der Waals surface area contributed by atoms with E-state index >= 15 is 0 Å². The number of carbonyl (C=O) groups excluding carboxylic acids is 1. The van der Waals surface area contributed by atoms with Gasteiger partial charge in [-0.2, -0.15) is 0 Å². The Kier molecular flexibility index (Phi) is 5.96. The summed E-state index contributed by atoms with van der Waals surface area (Å²) in [6.07, 6.45) is 3.05. The minimum absolute atomic E-state index is 0.211. The van der Waals surface area contributed by atoms with Gasteiger partial charge in [-0.05, 0) is 37.1 Å². The van der Waals surface area contributed by atoms with Crippen LogP contribution in [0.1, 0.15) is 47.0 Å². The predicted molar refractivity (Wildman–Crippen MR) is 71.8 cm³/mol. The van der Waals surface area contributed by atoms with Crippen molar-refractivity contribution in [2.45, 2.75) is 53.0 Å². The van der Waals surface area contributed by atoms with Gasteiger partial charge in [0.15, 0.2) is 0 Å². The van der Waals surface area contributed by atoms with Crippen molar-refractivity contribution in [2.24, 2.45) is 17.8 Å². The van der Waals surface area contributed by atoms with Crippen LogP contribution in [0.2, 0.25) is 0 Å². The Balaban J connectivity index is 2.44. The third kappa shape index (κ3) is 5.53. The van der Waals surface area contributed by atoms with Gasteiger partial charge in [0.25, 0.3) is 0 Å². The lowest BCUT2D eigenvalue weighted by atomic mass is 9.85. The Hall–Kier alpha value is -0.570. The van der Waals surface area contributed by atoms with Crippen LogP contribution in [-0.4, -0.2) is 25.0 Å². The number of amides is 1. The summed E-state index contributed by atoms with van der Waals surface area (Å²) < 4.78 is 0. The second-order valence-corrected chi connectivity index (χ2v) is 6.15. The zero-order valence-electron chi connectivity index (χ0n) is 11.8. The fourth-order valence-electron chi connectivity index (χ4n) is 2.61. The fourth-order valence-corrected chi connectivity index (χ4v) is 2.61. The van der Waals surface area contributed by atoms with Gasteiger partial charge < -0.3 is 10.6 Å². The van der Waals surface area contributed by atoms with Crippen molar-refractivity contribution in [3.8, 4) is 0 Å². The third-order valence-electron chi connectivity index (χ3n) is 3.34. The summed E-state index contributed by atoms with van der Waals surface area (Å²) in [6.45, 7) is 10.7. The van der Waals surface area contributed by atoms with E-state index < -0.39 is 0 Å². The molecular weight excluding hydrogens is 212 g/mol. The van der Waals surface area contributed by atoms with Crippen LogP contribution in [0.25, 0.3) is 0 Å². The lowest BCUT2D eigenvalue weighted by Gasteiger charge is -2.34. The van der Waals surface area contributed by atoms with Gasteiger partial charge in [0, 0.05) is 19.0 Å². The number of nitrogens with one attached hydrogen (secondary N) is 2. The topological polar surface area (TPSA) is 41.1 Å². The third-order valence-corrected chi connectivity index (χ3v) is 3.34. The van der Waals surface area contributed by atoms with Crippen LogP contribution >= 0.6 is 0 Å². The number of rotatable bonds is 5. The molecule has 1 aliphatic heterocycles. The molecule has 3 nitrogen and oxygen atoms in total. The number of piperidine rings is 1. The van der Waals surface area contributed by atoms with Crippen LogP contribution in [0.4, 0.5) is 0 Å². The molecule has 0 bridgehead atoms. The van der Waals surface area contributed by atoms with E-state index in [1.54, 1.807) is 0 Å². The second-order valence-electron chi connectivity index (χ2n) is 6.15. The molecule has 100 valence electrons. The van der Waals surface area contributed by atoms with Gasteiger partial charge >= 0.3 is 0 Å². The molecular formula is C14H28N2O. The molecule has 0 radical (unpaired) electrons. The summed E-state index contributed by atoms with van der Waals surface area (Å²) in [6, 6.07) is 0.331. The maximum Gasteiger partial charge on any atom is 0.220 e. The molecule has 0 spiro atoms. The first-order valence-electron chi connectivity index (χ1n) is 6.99. The van der Waals surface area contributed by atoms with Crippen molar-refractivity contribution >= 4 is 5.91 Å². The van der Waals surface area contributed by atoms with E-state index in [2.05, 4.69) is 38.3 Å². The largest absolute Gasteiger partial charge is 0.352 e. The fraction of sp³-hybridized carbons (Fsp3) is 0.929. The minimum Gasteiger partial charge on any atom is -0.352 e. The van der Waals surface area contributed by atoms with Crippen LogP contribution in [0, 0.1) is 17.8 Å². The molecule has 0 aromatic rings. The highest BCUT2D eigenvalue weighted by Crippen LogP contribution is 2.21. The van der Waals surface area contributed by atoms with Crippen molar-refractivity contribution in [1.82, 2.24) is 10.6 Å². The Bertz CT molecular complexity index is 238. The number of hydrogen-bond donors (Lipinski definition) is 2. The van der Waals surface area contributed by atoms with Gasteiger partial charge in [0.1, 0.15) is 0 Å². The molecule has 1 amide bonds. The zero-order valence-corrected chi connectivity index (χ0v) is 11.8. The predicted octanol–water partition coefficient (Wildman–Crippen LogP) is 2.17. The molecule has 2 unspecified atom stereocenters. The van der Waals surface area contributed by atoms with Crippen LogP contribution in [0.5, 0.6) is 0 Å². The maximum absolute atomic E-state index is 11.8. The van der Waals surface area contributed by atoms with Gasteiger partial charge in [-0.15, -0.1) is 0 Å². The monoisotopic (exact) mass is 240 g/mol. The van der Waals surface area contributed by atoms with Gasteiger partial charge in [-0.1, -0.05) is 27.7 Å². The first kappa shape index (κ1) is 14.5. The van der Waals surface area contributed by atoms with Crippen LogP contribution < -0.4 is 10.6 Å². The standard InChI is InChI=1S/C14H28N2O/c1-10(2)7-12-5-6-15-9-13(12)16-14(17)8-11(3)4/h10-13,15H,5-9H2,1-4H3,(H,16,17).